The second-order valence-corrected chi connectivity index (χ2v) is 16.0. The molecule has 1 aromatic heterocycles. The van der Waals surface area contributed by atoms with Crippen molar-refractivity contribution in [1.82, 2.24) is 0 Å². The van der Waals surface area contributed by atoms with Crippen molar-refractivity contribution < 1.29 is 109 Å². The van der Waals surface area contributed by atoms with E-state index in [4.69, 9.17) is 37.9 Å². The van der Waals surface area contributed by atoms with E-state index in [0.717, 1.165) is 19.1 Å². The smallest absolute Gasteiger partial charge is 0.331 e. The topological polar surface area (TPSA) is 380 Å². The predicted molar refractivity (Wildman–Crippen MR) is 224 cm³/mol. The van der Waals surface area contributed by atoms with Crippen molar-refractivity contribution in [2.75, 3.05) is 27.4 Å². The van der Waals surface area contributed by atoms with Gasteiger partial charge in [0.15, 0.2) is 28.6 Å². The number of carboxylic acids is 1. The lowest BCUT2D eigenvalue weighted by Gasteiger charge is -2.43. The van der Waals surface area contributed by atoms with Crippen LogP contribution < -0.4 is 14.9 Å². The molecule has 0 radical (unpaired) electrons. The van der Waals surface area contributed by atoms with Crippen molar-refractivity contribution in [3.8, 4) is 45.8 Å². The zero-order chi connectivity index (χ0) is 49.2. The Morgan fingerprint density at radius 2 is 1.37 bits per heavy atom. The van der Waals surface area contributed by atoms with Crippen LogP contribution in [0.4, 0.5) is 0 Å². The van der Waals surface area contributed by atoms with Gasteiger partial charge in [0.25, 0.3) is 0 Å². The number of aliphatic hydroxyl groups is 7. The van der Waals surface area contributed by atoms with Gasteiger partial charge in [-0.15, -0.1) is 0 Å². The number of carbonyl (C=O) groups is 3. The van der Waals surface area contributed by atoms with Gasteiger partial charge in [-0.1, -0.05) is 0 Å². The molecule has 4 aromatic rings. The number of methoxy groups -OCH3 is 2. The van der Waals surface area contributed by atoms with Crippen molar-refractivity contribution >= 4 is 35.0 Å². The summed E-state index contributed by atoms with van der Waals surface area (Å²) in [5.41, 5.74) is -5.13. The molecule has 2 saturated heterocycles. The Balaban J connectivity index is 1.49. The third-order valence-corrected chi connectivity index (χ3v) is 11.1. The fourth-order valence-electron chi connectivity index (χ4n) is 7.76. The van der Waals surface area contributed by atoms with E-state index < -0.39 is 150 Å². The van der Waals surface area contributed by atoms with Crippen LogP contribution in [0.1, 0.15) is 48.7 Å². The van der Waals surface area contributed by atoms with Gasteiger partial charge in [0.1, 0.15) is 89.9 Å². The van der Waals surface area contributed by atoms with Crippen LogP contribution in [0.2, 0.25) is 0 Å². The van der Waals surface area contributed by atoms with Gasteiger partial charge < -0.3 is 94.1 Å². The van der Waals surface area contributed by atoms with Crippen LogP contribution in [-0.4, -0.2) is 161 Å². The molecule has 1 unspecified atom stereocenters. The van der Waals surface area contributed by atoms with E-state index in [0.29, 0.717) is 0 Å². The van der Waals surface area contributed by atoms with Gasteiger partial charge in [-0.25, -0.2) is 4.79 Å². The summed E-state index contributed by atoms with van der Waals surface area (Å²) in [7, 11) is 2.52. The highest BCUT2D eigenvalue weighted by Gasteiger charge is 2.52. The highest BCUT2D eigenvalue weighted by molar-refractivity contribution is 5.92. The minimum absolute atomic E-state index is 0.0388. The zero-order valence-electron chi connectivity index (χ0n) is 35.7. The minimum atomic E-state index is -2.26. The van der Waals surface area contributed by atoms with E-state index >= 15 is 0 Å². The third-order valence-electron chi connectivity index (χ3n) is 11.1. The summed E-state index contributed by atoms with van der Waals surface area (Å²) in [6, 6.07) is 8.68. The summed E-state index contributed by atoms with van der Waals surface area (Å²) in [5, 5.41) is 129. The minimum Gasteiger partial charge on any atom is -0.508 e. The molecule has 12 N–H and O–H groups in total. The predicted octanol–water partition coefficient (Wildman–Crippen LogP) is -0.240. The molecule has 3 heterocycles. The first-order valence-corrected chi connectivity index (χ1v) is 20.2. The number of phenols is 4. The Morgan fingerprint density at radius 3 is 1.97 bits per heavy atom. The first kappa shape index (κ1) is 49.9. The molecule has 67 heavy (non-hydrogen) atoms. The van der Waals surface area contributed by atoms with Gasteiger partial charge in [0, 0.05) is 17.7 Å². The quantitative estimate of drug-likeness (QED) is 0.0540. The molecule has 0 bridgehead atoms. The average molecular weight is 945 g/mol. The third kappa shape index (κ3) is 10.4. The standard InChI is InChI=1S/C44H48O23/c1-44(60,13-26(48)49)14-28(51)63-16-25-34(54)37(57)39(59)41(66-25)31-36(56)30(35(55)29-20(47)12-21(64-40(29)31)18-5-7-19(46)8-6-18)42-43(38(58)33(53)24(15-45)65-42)67-27(50)9-4-17-10-22(61-2)32(52)23(11-17)62-3/h4-12,24-25,33-34,37-39,41-43,45-46,52-60H,13-16H2,1-3H3,(H,48,49)/b9-4+/t24-,25-,33-,34-,37+,38+,39-,41+,42+,43-,44?/m1/s1. The first-order chi connectivity index (χ1) is 31.6. The largest absolute Gasteiger partial charge is 0.508 e. The van der Waals surface area contributed by atoms with Crippen LogP contribution in [0, 0.1) is 0 Å². The first-order valence-electron chi connectivity index (χ1n) is 20.2. The van der Waals surface area contributed by atoms with Gasteiger partial charge in [-0.2, -0.15) is 0 Å². The van der Waals surface area contributed by atoms with Gasteiger partial charge in [0.2, 0.25) is 5.75 Å². The van der Waals surface area contributed by atoms with Crippen LogP contribution in [0.25, 0.3) is 28.4 Å². The molecule has 6 rings (SSSR count). The van der Waals surface area contributed by atoms with Gasteiger partial charge in [-0.05, 0) is 55.0 Å². The number of benzene rings is 3. The van der Waals surface area contributed by atoms with E-state index in [9.17, 15) is 75.3 Å². The summed E-state index contributed by atoms with van der Waals surface area (Å²) in [4.78, 5) is 51.5. The molecule has 2 fully saturated rings. The Bertz CT molecular complexity index is 2540. The van der Waals surface area contributed by atoms with Crippen molar-refractivity contribution in [3.63, 3.8) is 0 Å². The van der Waals surface area contributed by atoms with E-state index in [-0.39, 0.29) is 39.9 Å². The lowest BCUT2D eigenvalue weighted by Crippen LogP contribution is -2.56. The molecule has 2 aliphatic rings. The second-order valence-electron chi connectivity index (χ2n) is 16.0. The molecule has 0 saturated carbocycles. The monoisotopic (exact) mass is 944 g/mol. The Hall–Kier alpha value is -6.54. The fourth-order valence-corrected chi connectivity index (χ4v) is 7.76. The van der Waals surface area contributed by atoms with Crippen molar-refractivity contribution in [2.24, 2.45) is 0 Å². The number of aliphatic carboxylic acids is 1. The van der Waals surface area contributed by atoms with Crippen molar-refractivity contribution in [3.05, 3.63) is 75.5 Å². The van der Waals surface area contributed by atoms with Gasteiger partial charge >= 0.3 is 17.9 Å². The lowest BCUT2D eigenvalue weighted by molar-refractivity contribution is -0.240. The van der Waals surface area contributed by atoms with E-state index in [1.54, 1.807) is 0 Å². The lowest BCUT2D eigenvalue weighted by atomic mass is 9.85. The van der Waals surface area contributed by atoms with Crippen molar-refractivity contribution in [2.45, 2.75) is 86.4 Å². The Morgan fingerprint density at radius 1 is 0.761 bits per heavy atom. The second kappa shape index (κ2) is 20.1. The van der Waals surface area contributed by atoms with Gasteiger partial charge in [-0.3, -0.25) is 14.4 Å². The number of ether oxygens (including phenoxy) is 6. The molecule has 2 aliphatic heterocycles. The molecule has 362 valence electrons. The Labute approximate surface area is 378 Å². The number of aromatic hydroxyl groups is 4. The molecule has 3 aromatic carbocycles. The summed E-state index contributed by atoms with van der Waals surface area (Å²) in [5.74, 6) is -7.06. The van der Waals surface area contributed by atoms with E-state index in [1.165, 1.54) is 56.7 Å². The summed E-state index contributed by atoms with van der Waals surface area (Å²) in [6.07, 6.45) is -20.2. The van der Waals surface area contributed by atoms with Crippen molar-refractivity contribution in [1.29, 1.82) is 0 Å². The number of fused-ring (bicyclic) bond motifs is 1. The molecular weight excluding hydrogens is 896 g/mol. The summed E-state index contributed by atoms with van der Waals surface area (Å²) < 4.78 is 38.8. The number of phenolic OH excluding ortho intramolecular Hbond substituents is 4. The number of hydrogen-bond acceptors (Lipinski definition) is 22. The molecule has 0 spiro atoms. The number of hydrogen-bond donors (Lipinski definition) is 12. The molecule has 23 heteroatoms. The van der Waals surface area contributed by atoms with Crippen LogP contribution in [0.3, 0.4) is 0 Å². The average Bonchev–Trinajstić information content (AvgIpc) is 3.27. The van der Waals surface area contributed by atoms with E-state index in [1.807, 2.05) is 0 Å². The maximum atomic E-state index is 14.1. The SMILES string of the molecule is COc1cc(/C=C/C(=O)O[C@@H]2[C@@H](O)[C@H](O)[C@@H](CO)O[C@H]2c2c(O)c([C@@H]3O[C@H](COC(=O)CC(C)(O)CC(=O)O)[C@@H](O)[C@H](O)[C@H]3O)c3oc(-c4ccc(O)cc4)cc(=O)c3c2O)cc(OC)c1O. The maximum Gasteiger partial charge on any atom is 0.331 e. The summed E-state index contributed by atoms with van der Waals surface area (Å²) in [6.45, 7) is -0.894. The zero-order valence-corrected chi connectivity index (χ0v) is 35.7. The van der Waals surface area contributed by atoms with E-state index in [2.05, 4.69) is 0 Å². The highest BCUT2D eigenvalue weighted by atomic mass is 16.6. The molecular formula is C44H48O23. The number of aliphatic hydroxyl groups excluding tert-OH is 6. The number of rotatable bonds is 15. The highest BCUT2D eigenvalue weighted by Crippen LogP contribution is 2.51. The molecule has 11 atom stereocenters. The fraction of sp³-hybridized carbons (Fsp3) is 0.409. The number of carbonyl (C=O) groups excluding carboxylic acids is 2. The van der Waals surface area contributed by atoms with Crippen LogP contribution in [-0.2, 0) is 33.3 Å². The van der Waals surface area contributed by atoms with Gasteiger partial charge in [0.05, 0.1) is 50.4 Å². The molecule has 0 amide bonds. The van der Waals surface area contributed by atoms with Crippen LogP contribution >= 0.6 is 0 Å². The number of esters is 2. The molecule has 23 nitrogen and oxygen atoms in total. The molecule has 0 aliphatic carbocycles. The number of carboxylic acid groups (broad SMARTS) is 1. The summed E-state index contributed by atoms with van der Waals surface area (Å²) >= 11 is 0. The normalized spacial score (nSPS) is 26.2. The van der Waals surface area contributed by atoms with Crippen LogP contribution in [0.15, 0.2) is 57.8 Å². The maximum absolute atomic E-state index is 14.1. The van der Waals surface area contributed by atoms with Crippen LogP contribution in [0.5, 0.6) is 34.5 Å². The Kier molecular flexibility index (Phi) is 15.0.